The van der Waals surface area contributed by atoms with Gasteiger partial charge in [-0.05, 0) is 0 Å². The summed E-state index contributed by atoms with van der Waals surface area (Å²) in [5.41, 5.74) is 4.48. The van der Waals surface area contributed by atoms with Gasteiger partial charge in [-0.15, -0.1) is 0 Å². The molecule has 35 heavy (non-hydrogen) atoms. The number of hydrogen-bond donors (Lipinski definition) is 1. The Labute approximate surface area is 212 Å². The maximum absolute atomic E-state index is 13.4. The zero-order valence-electron chi connectivity index (χ0n) is 19.6. The topological polar surface area (TPSA) is 67.6 Å². The number of halogens is 2. The number of ether oxygens (including phenoxy) is 1. The minimum atomic E-state index is -2.55. The maximum atomic E-state index is 13.4. The van der Waals surface area contributed by atoms with Gasteiger partial charge in [-0.1, -0.05) is 0 Å². The molecule has 186 valence electrons. The van der Waals surface area contributed by atoms with E-state index < -0.39 is 20.9 Å². The van der Waals surface area contributed by atoms with E-state index in [9.17, 15) is 8.78 Å². The molecule has 3 aromatic rings. The molecule has 3 aromatic heterocycles. The van der Waals surface area contributed by atoms with Crippen molar-refractivity contribution in [3.8, 4) is 10.3 Å². The number of anilines is 1. The van der Waals surface area contributed by atoms with Crippen LogP contribution in [0.15, 0.2) is 17.2 Å². The SMILES string of the molecule is CC1(NSc2cc(N3CCC4(CC3)COC4)c3nc(C4CC4)c(-c4nnc(C(F)F)[se]4)n3c2)CC1. The summed E-state index contributed by atoms with van der Waals surface area (Å²) < 4.78 is 38.6. The molecule has 2 saturated heterocycles. The predicted octanol–water partition coefficient (Wildman–Crippen LogP) is 4.43. The quantitative estimate of drug-likeness (QED) is 0.336. The third-order valence-electron chi connectivity index (χ3n) is 7.89. The first-order valence-electron chi connectivity index (χ1n) is 12.4. The summed E-state index contributed by atoms with van der Waals surface area (Å²) in [6.45, 7) is 5.95. The number of pyridine rings is 1. The van der Waals surface area contributed by atoms with Crippen LogP contribution in [0.25, 0.3) is 15.9 Å². The zero-order valence-corrected chi connectivity index (χ0v) is 22.1. The summed E-state index contributed by atoms with van der Waals surface area (Å²) >= 11 is 1.07. The van der Waals surface area contributed by atoms with Gasteiger partial charge in [0.2, 0.25) is 0 Å². The van der Waals surface area contributed by atoms with Crippen molar-refractivity contribution in [2.45, 2.75) is 68.2 Å². The van der Waals surface area contributed by atoms with Crippen molar-refractivity contribution in [1.29, 1.82) is 0 Å². The standard InChI is InChI=1S/C24H28F2N6OSSe/c1-23(4-5-23)30-34-15-10-16(31-8-6-24(7-9-31)12-33-13-24)20-27-17(14-2-3-14)18(32(20)11-15)21-28-29-22(35-21)19(25)26/h10-11,14,19,30H,2-9,12-13H2,1H3. The first-order valence-corrected chi connectivity index (χ1v) is 14.9. The van der Waals surface area contributed by atoms with Gasteiger partial charge in [-0.25, -0.2) is 0 Å². The molecule has 0 unspecified atom stereocenters. The number of nitrogens with zero attached hydrogens (tertiary/aromatic N) is 5. The van der Waals surface area contributed by atoms with Gasteiger partial charge in [0.15, 0.2) is 0 Å². The van der Waals surface area contributed by atoms with Crippen LogP contribution in [0.2, 0.25) is 0 Å². The Morgan fingerprint density at radius 3 is 2.54 bits per heavy atom. The Hall–Kier alpha value is -1.52. The molecule has 1 N–H and O–H groups in total. The van der Waals surface area contributed by atoms with Gasteiger partial charge in [0.05, 0.1) is 0 Å². The van der Waals surface area contributed by atoms with Crippen molar-refractivity contribution in [3.05, 3.63) is 22.5 Å². The number of nitrogens with one attached hydrogen (secondary N) is 1. The van der Waals surface area contributed by atoms with E-state index in [4.69, 9.17) is 9.72 Å². The molecule has 11 heteroatoms. The van der Waals surface area contributed by atoms with Crippen molar-refractivity contribution in [3.63, 3.8) is 0 Å². The van der Waals surface area contributed by atoms with Crippen molar-refractivity contribution in [1.82, 2.24) is 24.3 Å². The monoisotopic (exact) mass is 566 g/mol. The Bertz CT molecular complexity index is 1270. The Balaban J connectivity index is 1.33. The molecule has 4 aliphatic rings. The van der Waals surface area contributed by atoms with Gasteiger partial charge in [0, 0.05) is 0 Å². The van der Waals surface area contributed by atoms with E-state index in [2.05, 4.69) is 43.4 Å². The Morgan fingerprint density at radius 1 is 1.17 bits per heavy atom. The number of imidazole rings is 1. The molecular formula is C24H28F2N6OSSe. The van der Waals surface area contributed by atoms with Crippen LogP contribution in [-0.2, 0) is 4.74 Å². The summed E-state index contributed by atoms with van der Waals surface area (Å²) in [5.74, 6) is 0.378. The third kappa shape index (κ3) is 4.13. The van der Waals surface area contributed by atoms with E-state index in [1.807, 2.05) is 0 Å². The van der Waals surface area contributed by atoms with Crippen molar-refractivity contribution in [2.75, 3.05) is 31.2 Å². The first kappa shape index (κ1) is 22.7. The molecule has 2 aliphatic heterocycles. The van der Waals surface area contributed by atoms with Gasteiger partial charge >= 0.3 is 213 Å². The van der Waals surface area contributed by atoms with Crippen LogP contribution in [0.4, 0.5) is 14.5 Å². The number of hydrogen-bond acceptors (Lipinski definition) is 7. The fourth-order valence-electron chi connectivity index (χ4n) is 5.05. The molecule has 0 amide bonds. The van der Waals surface area contributed by atoms with Crippen LogP contribution in [0.5, 0.6) is 0 Å². The second-order valence-electron chi connectivity index (χ2n) is 10.9. The zero-order chi connectivity index (χ0) is 23.8. The second kappa shape index (κ2) is 8.24. The summed E-state index contributed by atoms with van der Waals surface area (Å²) in [6.07, 6.45) is 6.34. The van der Waals surface area contributed by atoms with Crippen molar-refractivity contribution < 1.29 is 13.5 Å². The van der Waals surface area contributed by atoms with Crippen LogP contribution >= 0.6 is 11.9 Å². The molecule has 0 aromatic carbocycles. The molecule has 0 bridgehead atoms. The van der Waals surface area contributed by atoms with Crippen LogP contribution < -0.4 is 9.62 Å². The molecule has 4 fully saturated rings. The van der Waals surface area contributed by atoms with Gasteiger partial charge in [0.1, 0.15) is 0 Å². The fraction of sp³-hybridized carbons (Fsp3) is 0.625. The summed E-state index contributed by atoms with van der Waals surface area (Å²) in [4.78, 5) is 8.72. The Morgan fingerprint density at radius 2 is 1.94 bits per heavy atom. The first-order chi connectivity index (χ1) is 16.9. The van der Waals surface area contributed by atoms with Gasteiger partial charge in [-0.3, -0.25) is 0 Å². The minimum absolute atomic E-state index is 0.0951. The molecule has 7 nitrogen and oxygen atoms in total. The average Bonchev–Trinajstić information content (AvgIpc) is 3.72. The van der Waals surface area contributed by atoms with Gasteiger partial charge in [-0.2, -0.15) is 0 Å². The normalized spacial score (nSPS) is 22.8. The molecular weight excluding hydrogens is 537 g/mol. The van der Waals surface area contributed by atoms with E-state index in [0.717, 1.165) is 79.6 Å². The number of alkyl halides is 2. The van der Waals surface area contributed by atoms with Crippen LogP contribution in [-0.4, -0.2) is 65.9 Å². The number of piperidine rings is 1. The summed E-state index contributed by atoms with van der Waals surface area (Å²) in [7, 11) is 0. The van der Waals surface area contributed by atoms with Crippen LogP contribution in [0.3, 0.4) is 0 Å². The molecule has 0 atom stereocenters. The molecule has 2 saturated carbocycles. The van der Waals surface area contributed by atoms with Crippen molar-refractivity contribution >= 4 is 37.8 Å². The van der Waals surface area contributed by atoms with Crippen LogP contribution in [0, 0.1) is 5.41 Å². The van der Waals surface area contributed by atoms with Gasteiger partial charge in [0.25, 0.3) is 0 Å². The van der Waals surface area contributed by atoms with Crippen LogP contribution in [0.1, 0.15) is 68.1 Å². The van der Waals surface area contributed by atoms with E-state index in [1.54, 1.807) is 11.9 Å². The van der Waals surface area contributed by atoms with E-state index in [0.29, 0.717) is 15.9 Å². The number of rotatable bonds is 7. The second-order valence-corrected chi connectivity index (χ2v) is 13.9. The molecule has 0 radical (unpaired) electrons. The summed E-state index contributed by atoms with van der Waals surface area (Å²) in [6, 6.07) is 2.25. The average molecular weight is 566 g/mol. The van der Waals surface area contributed by atoms with E-state index >= 15 is 0 Å². The summed E-state index contributed by atoms with van der Waals surface area (Å²) in [5, 5.41) is 8.09. The number of fused-ring (bicyclic) bond motifs is 1. The van der Waals surface area contributed by atoms with E-state index in [-0.39, 0.29) is 10.1 Å². The molecule has 7 rings (SSSR count). The molecule has 1 spiro atoms. The van der Waals surface area contributed by atoms with E-state index in [1.165, 1.54) is 12.8 Å². The number of aromatic nitrogens is 4. The third-order valence-corrected chi connectivity index (χ3v) is 10.9. The predicted molar refractivity (Wildman–Crippen MR) is 131 cm³/mol. The molecule has 2 aliphatic carbocycles. The molecule has 5 heterocycles. The van der Waals surface area contributed by atoms with Crippen molar-refractivity contribution in [2.24, 2.45) is 5.41 Å². The fourth-order valence-corrected chi connectivity index (χ4v) is 7.53. The Kier molecular flexibility index (Phi) is 5.34. The van der Waals surface area contributed by atoms with Gasteiger partial charge < -0.3 is 0 Å².